The van der Waals surface area contributed by atoms with E-state index in [1.54, 1.807) is 11.0 Å². The van der Waals surface area contributed by atoms with Gasteiger partial charge in [0.25, 0.3) is 5.69 Å². The Labute approximate surface area is 116 Å². The van der Waals surface area contributed by atoms with Gasteiger partial charge in [-0.25, -0.2) is 0 Å². The average Bonchev–Trinajstić information content (AvgIpc) is 2.82. The van der Waals surface area contributed by atoms with Crippen LogP contribution in [-0.2, 0) is 11.2 Å². The van der Waals surface area contributed by atoms with Crippen molar-refractivity contribution in [2.75, 3.05) is 11.4 Å². The molecule has 1 aromatic rings. The van der Waals surface area contributed by atoms with Crippen molar-refractivity contribution in [3.63, 3.8) is 0 Å². The van der Waals surface area contributed by atoms with E-state index >= 15 is 0 Å². The van der Waals surface area contributed by atoms with E-state index in [0.29, 0.717) is 24.8 Å². The lowest BCUT2D eigenvalue weighted by molar-refractivity contribution is -0.385. The molecular weight excluding hydrogens is 256 g/mol. The number of rotatable bonds is 2. The molecule has 2 aliphatic carbocycles. The van der Waals surface area contributed by atoms with Gasteiger partial charge in [0.15, 0.2) is 0 Å². The summed E-state index contributed by atoms with van der Waals surface area (Å²) in [5.74, 6) is 1.56. The lowest BCUT2D eigenvalue weighted by atomic mass is 10.1. The first kappa shape index (κ1) is 11.9. The smallest absolute Gasteiger partial charge is 0.274 e. The van der Waals surface area contributed by atoms with Crippen LogP contribution in [0.3, 0.4) is 0 Å². The Hall–Kier alpha value is -1.91. The van der Waals surface area contributed by atoms with Crippen LogP contribution in [-0.4, -0.2) is 17.4 Å². The summed E-state index contributed by atoms with van der Waals surface area (Å²) in [4.78, 5) is 25.1. The van der Waals surface area contributed by atoms with Crippen molar-refractivity contribution >= 4 is 17.3 Å². The fourth-order valence-electron chi connectivity index (χ4n) is 4.18. The largest absolute Gasteiger partial charge is 0.311 e. The lowest BCUT2D eigenvalue weighted by Crippen LogP contribution is -2.31. The second-order valence-corrected chi connectivity index (χ2v) is 6.06. The molecule has 104 valence electrons. The van der Waals surface area contributed by atoms with Crippen LogP contribution in [0.2, 0.25) is 0 Å². The number of anilines is 1. The molecule has 0 radical (unpaired) electrons. The van der Waals surface area contributed by atoms with E-state index in [2.05, 4.69) is 0 Å². The summed E-state index contributed by atoms with van der Waals surface area (Å²) in [5, 5.41) is 11.0. The molecule has 0 saturated heterocycles. The molecular formula is C15H16N2O3. The summed E-state index contributed by atoms with van der Waals surface area (Å²) >= 11 is 0. The SMILES string of the molecule is O=C(C1C2CCCC21)N1CCc2c1cccc2[N+](=O)[O-]. The number of nitro groups is 1. The average molecular weight is 272 g/mol. The van der Waals surface area contributed by atoms with Gasteiger partial charge in [-0.3, -0.25) is 14.9 Å². The number of benzene rings is 1. The fraction of sp³-hybridized carbons (Fsp3) is 0.533. The van der Waals surface area contributed by atoms with Gasteiger partial charge in [0.1, 0.15) is 0 Å². The molecule has 0 N–H and O–H groups in total. The number of nitro benzene ring substituents is 1. The quantitative estimate of drug-likeness (QED) is 0.614. The maximum atomic E-state index is 12.6. The molecule has 1 heterocycles. The van der Waals surface area contributed by atoms with Crippen LogP contribution in [0.5, 0.6) is 0 Å². The molecule has 2 saturated carbocycles. The van der Waals surface area contributed by atoms with Crippen molar-refractivity contribution in [1.29, 1.82) is 0 Å². The van der Waals surface area contributed by atoms with Gasteiger partial charge in [0.05, 0.1) is 16.2 Å². The number of fused-ring (bicyclic) bond motifs is 2. The van der Waals surface area contributed by atoms with Gasteiger partial charge in [-0.1, -0.05) is 12.5 Å². The van der Waals surface area contributed by atoms with Crippen LogP contribution in [0.1, 0.15) is 24.8 Å². The van der Waals surface area contributed by atoms with Crippen molar-refractivity contribution in [2.45, 2.75) is 25.7 Å². The van der Waals surface area contributed by atoms with E-state index in [1.807, 2.05) is 6.07 Å². The first-order chi connectivity index (χ1) is 9.68. The Morgan fingerprint density at radius 2 is 2.05 bits per heavy atom. The highest BCUT2D eigenvalue weighted by Gasteiger charge is 2.58. The third kappa shape index (κ3) is 1.52. The van der Waals surface area contributed by atoms with Gasteiger partial charge in [-0.2, -0.15) is 0 Å². The Morgan fingerprint density at radius 1 is 1.30 bits per heavy atom. The van der Waals surface area contributed by atoms with Crippen LogP contribution in [0.15, 0.2) is 18.2 Å². The molecule has 4 rings (SSSR count). The maximum absolute atomic E-state index is 12.6. The first-order valence-corrected chi connectivity index (χ1v) is 7.26. The minimum atomic E-state index is -0.349. The minimum absolute atomic E-state index is 0.147. The Balaban J connectivity index is 1.63. The zero-order valence-electron chi connectivity index (χ0n) is 11.1. The molecule has 1 amide bonds. The van der Waals surface area contributed by atoms with Crippen LogP contribution >= 0.6 is 0 Å². The molecule has 3 aliphatic rings. The number of amides is 1. The lowest BCUT2D eigenvalue weighted by Gasteiger charge is -2.18. The van der Waals surface area contributed by atoms with Gasteiger partial charge in [-0.05, 0) is 37.2 Å². The summed E-state index contributed by atoms with van der Waals surface area (Å²) in [6.45, 7) is 0.592. The summed E-state index contributed by atoms with van der Waals surface area (Å²) in [5.41, 5.74) is 1.62. The monoisotopic (exact) mass is 272 g/mol. The molecule has 5 nitrogen and oxygen atoms in total. The van der Waals surface area contributed by atoms with Crippen molar-refractivity contribution in [3.8, 4) is 0 Å². The fourth-order valence-corrected chi connectivity index (χ4v) is 4.18. The standard InChI is InChI=1S/C15H16N2O3/c18-15(14-9-3-1-4-10(9)14)16-8-7-11-12(16)5-2-6-13(11)17(19)20/h2,5-6,9-10,14H,1,3-4,7-8H2. The number of nitrogens with zero attached hydrogens (tertiary/aromatic N) is 2. The van der Waals surface area contributed by atoms with Gasteiger partial charge in [0, 0.05) is 18.5 Å². The van der Waals surface area contributed by atoms with Crippen LogP contribution in [0.25, 0.3) is 0 Å². The van der Waals surface area contributed by atoms with Crippen LogP contribution < -0.4 is 4.90 Å². The minimum Gasteiger partial charge on any atom is -0.311 e. The number of hydrogen-bond acceptors (Lipinski definition) is 3. The third-order valence-electron chi connectivity index (χ3n) is 5.16. The van der Waals surface area contributed by atoms with Crippen molar-refractivity contribution in [2.24, 2.45) is 17.8 Å². The predicted molar refractivity (Wildman–Crippen MR) is 73.5 cm³/mol. The first-order valence-electron chi connectivity index (χ1n) is 7.26. The molecule has 2 unspecified atom stereocenters. The van der Waals surface area contributed by atoms with E-state index in [-0.39, 0.29) is 22.4 Å². The molecule has 0 aromatic heterocycles. The molecule has 20 heavy (non-hydrogen) atoms. The van der Waals surface area contributed by atoms with E-state index in [9.17, 15) is 14.9 Å². The maximum Gasteiger partial charge on any atom is 0.274 e. The highest BCUT2D eigenvalue weighted by Crippen LogP contribution is 2.58. The Morgan fingerprint density at radius 3 is 2.75 bits per heavy atom. The molecule has 0 spiro atoms. The molecule has 2 atom stereocenters. The number of carbonyl (C=O) groups is 1. The highest BCUT2D eigenvalue weighted by atomic mass is 16.6. The normalized spacial score (nSPS) is 30.0. The molecule has 1 aliphatic heterocycles. The third-order valence-corrected chi connectivity index (χ3v) is 5.16. The van der Waals surface area contributed by atoms with E-state index in [1.165, 1.54) is 25.3 Å². The van der Waals surface area contributed by atoms with Gasteiger partial charge in [-0.15, -0.1) is 0 Å². The molecule has 2 fully saturated rings. The topological polar surface area (TPSA) is 63.5 Å². The summed E-state index contributed by atoms with van der Waals surface area (Å²) in [7, 11) is 0. The summed E-state index contributed by atoms with van der Waals surface area (Å²) in [6, 6.07) is 5.04. The van der Waals surface area contributed by atoms with E-state index in [0.717, 1.165) is 11.3 Å². The number of hydrogen-bond donors (Lipinski definition) is 0. The predicted octanol–water partition coefficient (Wildman–Crippen LogP) is 2.53. The molecule has 5 heteroatoms. The van der Waals surface area contributed by atoms with Crippen molar-refractivity contribution in [3.05, 3.63) is 33.9 Å². The van der Waals surface area contributed by atoms with Gasteiger partial charge >= 0.3 is 0 Å². The summed E-state index contributed by atoms with van der Waals surface area (Å²) in [6.07, 6.45) is 4.20. The van der Waals surface area contributed by atoms with E-state index in [4.69, 9.17) is 0 Å². The van der Waals surface area contributed by atoms with Gasteiger partial charge < -0.3 is 4.90 Å². The van der Waals surface area contributed by atoms with Crippen LogP contribution in [0.4, 0.5) is 11.4 Å². The molecule has 1 aromatic carbocycles. The van der Waals surface area contributed by atoms with Crippen molar-refractivity contribution < 1.29 is 9.72 Å². The summed E-state index contributed by atoms with van der Waals surface area (Å²) < 4.78 is 0. The second kappa shape index (κ2) is 4.04. The highest BCUT2D eigenvalue weighted by molar-refractivity contribution is 5.99. The Bertz CT molecular complexity index is 603. The molecule has 0 bridgehead atoms. The van der Waals surface area contributed by atoms with Crippen molar-refractivity contribution in [1.82, 2.24) is 0 Å². The zero-order chi connectivity index (χ0) is 13.9. The second-order valence-electron chi connectivity index (χ2n) is 6.06. The van der Waals surface area contributed by atoms with Crippen LogP contribution in [0, 0.1) is 27.9 Å². The van der Waals surface area contributed by atoms with Gasteiger partial charge in [0.2, 0.25) is 5.91 Å². The van der Waals surface area contributed by atoms with E-state index < -0.39 is 0 Å². The number of carbonyl (C=O) groups excluding carboxylic acids is 1. The zero-order valence-corrected chi connectivity index (χ0v) is 11.1. The Kier molecular flexibility index (Phi) is 2.40.